The lowest BCUT2D eigenvalue weighted by molar-refractivity contribution is -0.137. The van der Waals surface area contributed by atoms with Crippen LogP contribution >= 0.6 is 0 Å². The highest BCUT2D eigenvalue weighted by molar-refractivity contribution is 5.77. The van der Waals surface area contributed by atoms with Gasteiger partial charge in [-0.3, -0.25) is 9.78 Å². The van der Waals surface area contributed by atoms with Gasteiger partial charge in [-0.2, -0.15) is 13.2 Å². The number of nitrogens with zero attached hydrogens (tertiary/aromatic N) is 1. The topological polar surface area (TPSA) is 54.0 Å². The molecule has 0 atom stereocenters. The van der Waals surface area contributed by atoms with E-state index in [0.717, 1.165) is 5.56 Å². The smallest absolute Gasteiger partial charge is 0.346 e. The third-order valence-corrected chi connectivity index (χ3v) is 2.08. The summed E-state index contributed by atoms with van der Waals surface area (Å²) in [6.07, 6.45) is -0.349. The zero-order valence-electron chi connectivity index (χ0n) is 9.63. The number of carbonyl (C=O) groups excluding carboxylic acids is 1. The summed E-state index contributed by atoms with van der Waals surface area (Å²) >= 11 is 0. The molecule has 1 heterocycles. The summed E-state index contributed by atoms with van der Waals surface area (Å²) in [6, 6.07) is 3.68. The van der Waals surface area contributed by atoms with Crippen LogP contribution in [0.3, 0.4) is 0 Å². The maximum absolute atomic E-state index is 11.8. The normalized spacial score (nSPS) is 11.3. The molecule has 0 aliphatic rings. The molecular weight excluding hydrogens is 247 g/mol. The molecule has 0 radical (unpaired) electrons. The summed E-state index contributed by atoms with van der Waals surface area (Å²) in [7, 11) is 0. The predicted octanol–water partition coefficient (Wildman–Crippen LogP) is 0.892. The molecule has 0 unspecified atom stereocenters. The third kappa shape index (κ3) is 6.85. The molecule has 0 spiro atoms. The number of pyridine rings is 1. The minimum atomic E-state index is -4.37. The van der Waals surface area contributed by atoms with Crippen LogP contribution in [-0.4, -0.2) is 36.7 Å². The molecule has 0 saturated carbocycles. The number of alkyl halides is 3. The minimum absolute atomic E-state index is 0.129. The number of rotatable bonds is 6. The van der Waals surface area contributed by atoms with Crippen molar-refractivity contribution in [2.45, 2.75) is 12.6 Å². The standard InChI is InChI=1S/C11H14F3N3O/c12-11(13,14)8-17-10(18)7-16-5-3-9-2-1-4-15-6-9/h1-2,4,6,16H,3,5,7-8H2,(H,17,18). The molecule has 0 saturated heterocycles. The second-order valence-electron chi connectivity index (χ2n) is 3.68. The van der Waals surface area contributed by atoms with Crippen molar-refractivity contribution in [3.8, 4) is 0 Å². The number of nitrogens with one attached hydrogen (secondary N) is 2. The van der Waals surface area contributed by atoms with Crippen LogP contribution in [-0.2, 0) is 11.2 Å². The van der Waals surface area contributed by atoms with Crippen LogP contribution in [0.15, 0.2) is 24.5 Å². The molecule has 1 rings (SSSR count). The minimum Gasteiger partial charge on any atom is -0.346 e. The van der Waals surface area contributed by atoms with E-state index >= 15 is 0 Å². The lowest BCUT2D eigenvalue weighted by Gasteiger charge is -2.08. The molecule has 0 bridgehead atoms. The Kier molecular flexibility index (Phi) is 5.57. The van der Waals surface area contributed by atoms with Crippen molar-refractivity contribution in [3.63, 3.8) is 0 Å². The van der Waals surface area contributed by atoms with E-state index < -0.39 is 18.6 Å². The Hall–Kier alpha value is -1.63. The molecule has 7 heteroatoms. The highest BCUT2D eigenvalue weighted by atomic mass is 19.4. The van der Waals surface area contributed by atoms with E-state index in [2.05, 4.69) is 10.3 Å². The second-order valence-corrected chi connectivity index (χ2v) is 3.68. The molecular formula is C11H14F3N3O. The van der Waals surface area contributed by atoms with Crippen LogP contribution in [0, 0.1) is 0 Å². The van der Waals surface area contributed by atoms with Crippen molar-refractivity contribution in [2.24, 2.45) is 0 Å². The number of aromatic nitrogens is 1. The number of amides is 1. The molecule has 18 heavy (non-hydrogen) atoms. The quantitative estimate of drug-likeness (QED) is 0.748. The zero-order chi connectivity index (χ0) is 13.4. The first-order chi connectivity index (χ1) is 8.47. The number of hydrogen-bond donors (Lipinski definition) is 2. The highest BCUT2D eigenvalue weighted by Gasteiger charge is 2.27. The Morgan fingerprint density at radius 2 is 2.17 bits per heavy atom. The Morgan fingerprint density at radius 1 is 1.39 bits per heavy atom. The van der Waals surface area contributed by atoms with Gasteiger partial charge in [-0.05, 0) is 24.6 Å². The van der Waals surface area contributed by atoms with E-state index in [4.69, 9.17) is 0 Å². The van der Waals surface area contributed by atoms with E-state index in [1.807, 2.05) is 6.07 Å². The molecule has 0 aliphatic heterocycles. The molecule has 4 nitrogen and oxygen atoms in total. The van der Waals surface area contributed by atoms with Crippen LogP contribution in [0.5, 0.6) is 0 Å². The van der Waals surface area contributed by atoms with Crippen molar-refractivity contribution >= 4 is 5.91 Å². The SMILES string of the molecule is O=C(CNCCc1cccnc1)NCC(F)(F)F. The Morgan fingerprint density at radius 3 is 2.78 bits per heavy atom. The van der Waals surface area contributed by atoms with Gasteiger partial charge < -0.3 is 10.6 Å². The van der Waals surface area contributed by atoms with Crippen molar-refractivity contribution in [2.75, 3.05) is 19.6 Å². The summed E-state index contributed by atoms with van der Waals surface area (Å²) in [5.41, 5.74) is 1.00. The Balaban J connectivity index is 2.09. The summed E-state index contributed by atoms with van der Waals surface area (Å²) < 4.78 is 35.4. The van der Waals surface area contributed by atoms with E-state index in [-0.39, 0.29) is 6.54 Å². The monoisotopic (exact) mass is 261 g/mol. The van der Waals surface area contributed by atoms with Crippen molar-refractivity contribution in [1.82, 2.24) is 15.6 Å². The summed E-state index contributed by atoms with van der Waals surface area (Å²) in [5, 5.41) is 4.55. The average Bonchev–Trinajstić information content (AvgIpc) is 2.33. The molecule has 0 aromatic carbocycles. The molecule has 0 fully saturated rings. The molecule has 1 aromatic rings. The van der Waals surface area contributed by atoms with Gasteiger partial charge in [0.05, 0.1) is 6.54 Å². The maximum atomic E-state index is 11.8. The maximum Gasteiger partial charge on any atom is 0.405 e. The summed E-state index contributed by atoms with van der Waals surface area (Å²) in [4.78, 5) is 14.9. The number of carbonyl (C=O) groups is 1. The summed E-state index contributed by atoms with van der Waals surface area (Å²) in [5.74, 6) is -0.668. The van der Waals surface area contributed by atoms with Crippen LogP contribution in [0.25, 0.3) is 0 Å². The summed E-state index contributed by atoms with van der Waals surface area (Å²) in [6.45, 7) is -0.919. The third-order valence-electron chi connectivity index (χ3n) is 2.08. The molecule has 0 aliphatic carbocycles. The van der Waals surface area contributed by atoms with Gasteiger partial charge in [-0.25, -0.2) is 0 Å². The highest BCUT2D eigenvalue weighted by Crippen LogP contribution is 2.11. The zero-order valence-corrected chi connectivity index (χ0v) is 9.63. The van der Waals surface area contributed by atoms with Gasteiger partial charge >= 0.3 is 6.18 Å². The van der Waals surface area contributed by atoms with Gasteiger partial charge in [-0.1, -0.05) is 6.07 Å². The van der Waals surface area contributed by atoms with Gasteiger partial charge in [-0.15, -0.1) is 0 Å². The fraction of sp³-hybridized carbons (Fsp3) is 0.455. The van der Waals surface area contributed by atoms with Gasteiger partial charge in [0.25, 0.3) is 0 Å². The Labute approximate surface area is 103 Å². The fourth-order valence-corrected chi connectivity index (χ4v) is 1.24. The van der Waals surface area contributed by atoms with E-state index in [0.29, 0.717) is 13.0 Å². The van der Waals surface area contributed by atoms with Crippen molar-refractivity contribution in [3.05, 3.63) is 30.1 Å². The van der Waals surface area contributed by atoms with Crippen LogP contribution in [0.4, 0.5) is 13.2 Å². The van der Waals surface area contributed by atoms with Gasteiger partial charge in [0.15, 0.2) is 0 Å². The van der Waals surface area contributed by atoms with Gasteiger partial charge in [0.2, 0.25) is 5.91 Å². The Bertz CT molecular complexity index is 368. The number of hydrogen-bond acceptors (Lipinski definition) is 3. The van der Waals surface area contributed by atoms with Crippen LogP contribution in [0.2, 0.25) is 0 Å². The van der Waals surface area contributed by atoms with Crippen molar-refractivity contribution in [1.29, 1.82) is 0 Å². The molecule has 1 aromatic heterocycles. The molecule has 2 N–H and O–H groups in total. The number of halogens is 3. The lowest BCUT2D eigenvalue weighted by Crippen LogP contribution is -2.39. The van der Waals surface area contributed by atoms with Crippen LogP contribution < -0.4 is 10.6 Å². The van der Waals surface area contributed by atoms with E-state index in [9.17, 15) is 18.0 Å². The van der Waals surface area contributed by atoms with Gasteiger partial charge in [0.1, 0.15) is 6.54 Å². The molecule has 100 valence electrons. The fourth-order valence-electron chi connectivity index (χ4n) is 1.24. The second kappa shape index (κ2) is 6.95. The largest absolute Gasteiger partial charge is 0.405 e. The first-order valence-corrected chi connectivity index (χ1v) is 5.40. The first kappa shape index (κ1) is 14.4. The first-order valence-electron chi connectivity index (χ1n) is 5.40. The van der Waals surface area contributed by atoms with Crippen molar-refractivity contribution < 1.29 is 18.0 Å². The molecule has 1 amide bonds. The van der Waals surface area contributed by atoms with E-state index in [1.165, 1.54) is 0 Å². The van der Waals surface area contributed by atoms with E-state index in [1.54, 1.807) is 23.8 Å². The van der Waals surface area contributed by atoms with Crippen LogP contribution in [0.1, 0.15) is 5.56 Å². The average molecular weight is 261 g/mol. The lowest BCUT2D eigenvalue weighted by atomic mass is 10.2. The van der Waals surface area contributed by atoms with Gasteiger partial charge in [0, 0.05) is 12.4 Å². The predicted molar refractivity (Wildman–Crippen MR) is 59.9 cm³/mol.